The SMILES string of the molecule is CC(=O)OC(C)OCCC(C)(F)F. The van der Waals surface area contributed by atoms with Crippen LogP contribution in [0.3, 0.4) is 0 Å². The molecule has 0 aromatic heterocycles. The van der Waals surface area contributed by atoms with Gasteiger partial charge >= 0.3 is 5.97 Å². The minimum Gasteiger partial charge on any atom is -0.436 e. The molecule has 0 spiro atoms. The van der Waals surface area contributed by atoms with E-state index in [0.717, 1.165) is 6.92 Å². The third kappa shape index (κ3) is 9.20. The summed E-state index contributed by atoms with van der Waals surface area (Å²) in [7, 11) is 0. The number of esters is 1. The molecular weight excluding hydrogens is 182 g/mol. The van der Waals surface area contributed by atoms with Crippen LogP contribution in [-0.2, 0) is 14.3 Å². The topological polar surface area (TPSA) is 35.5 Å². The molecule has 0 aliphatic rings. The molecule has 1 atom stereocenters. The average Bonchev–Trinajstić information content (AvgIpc) is 1.81. The first-order chi connectivity index (χ1) is 5.81. The minimum atomic E-state index is -2.74. The van der Waals surface area contributed by atoms with E-state index in [2.05, 4.69) is 4.74 Å². The summed E-state index contributed by atoms with van der Waals surface area (Å²) >= 11 is 0. The van der Waals surface area contributed by atoms with Crippen molar-refractivity contribution < 1.29 is 23.0 Å². The molecule has 0 saturated carbocycles. The summed E-state index contributed by atoms with van der Waals surface area (Å²) in [4.78, 5) is 10.4. The highest BCUT2D eigenvalue weighted by atomic mass is 19.3. The summed E-state index contributed by atoms with van der Waals surface area (Å²) in [5.41, 5.74) is 0. The highest BCUT2D eigenvalue weighted by Crippen LogP contribution is 2.16. The van der Waals surface area contributed by atoms with Gasteiger partial charge in [-0.25, -0.2) is 8.78 Å². The first-order valence-electron chi connectivity index (χ1n) is 3.98. The number of carbonyl (C=O) groups excluding carboxylic acids is 1. The monoisotopic (exact) mass is 196 g/mol. The third-order valence-corrected chi connectivity index (χ3v) is 1.23. The van der Waals surface area contributed by atoms with E-state index in [0.29, 0.717) is 0 Å². The zero-order valence-electron chi connectivity index (χ0n) is 7.97. The third-order valence-electron chi connectivity index (χ3n) is 1.23. The Balaban J connectivity index is 3.48. The van der Waals surface area contributed by atoms with Gasteiger partial charge in [0.1, 0.15) is 0 Å². The smallest absolute Gasteiger partial charge is 0.304 e. The van der Waals surface area contributed by atoms with E-state index < -0.39 is 18.2 Å². The Bertz CT molecular complexity index is 165. The molecule has 0 heterocycles. The Labute approximate surface area is 76.0 Å². The van der Waals surface area contributed by atoms with Gasteiger partial charge in [0, 0.05) is 13.3 Å². The van der Waals surface area contributed by atoms with Crippen molar-refractivity contribution in [3.05, 3.63) is 0 Å². The molecule has 13 heavy (non-hydrogen) atoms. The number of ether oxygens (including phenoxy) is 2. The van der Waals surface area contributed by atoms with E-state index in [4.69, 9.17) is 4.74 Å². The summed E-state index contributed by atoms with van der Waals surface area (Å²) in [6, 6.07) is 0. The molecule has 0 aliphatic carbocycles. The number of hydrogen-bond acceptors (Lipinski definition) is 3. The predicted molar refractivity (Wildman–Crippen MR) is 42.4 cm³/mol. The fourth-order valence-electron chi connectivity index (χ4n) is 0.672. The zero-order valence-corrected chi connectivity index (χ0v) is 7.97. The van der Waals surface area contributed by atoms with Crippen LogP contribution in [-0.4, -0.2) is 24.8 Å². The van der Waals surface area contributed by atoms with Gasteiger partial charge in [0.15, 0.2) is 6.29 Å². The van der Waals surface area contributed by atoms with Gasteiger partial charge < -0.3 is 9.47 Å². The van der Waals surface area contributed by atoms with E-state index in [1.165, 1.54) is 13.8 Å². The molecule has 0 N–H and O–H groups in total. The summed E-state index contributed by atoms with van der Waals surface area (Å²) in [6.07, 6.45) is -1.14. The molecule has 0 aromatic rings. The van der Waals surface area contributed by atoms with Crippen molar-refractivity contribution in [3.63, 3.8) is 0 Å². The second kappa shape index (κ2) is 5.11. The fraction of sp³-hybridized carbons (Fsp3) is 0.875. The lowest BCUT2D eigenvalue weighted by molar-refractivity contribution is -0.174. The van der Waals surface area contributed by atoms with Crippen LogP contribution in [0.5, 0.6) is 0 Å². The Hall–Kier alpha value is -0.710. The number of rotatable bonds is 5. The summed E-state index contributed by atoms with van der Waals surface area (Å²) in [6.45, 7) is 3.40. The van der Waals surface area contributed by atoms with E-state index in [1.54, 1.807) is 0 Å². The first-order valence-corrected chi connectivity index (χ1v) is 3.98. The molecule has 5 heteroatoms. The van der Waals surface area contributed by atoms with Crippen molar-refractivity contribution in [2.24, 2.45) is 0 Å². The largest absolute Gasteiger partial charge is 0.436 e. The lowest BCUT2D eigenvalue weighted by Crippen LogP contribution is -2.20. The van der Waals surface area contributed by atoms with Gasteiger partial charge in [0.05, 0.1) is 6.61 Å². The number of alkyl halides is 2. The second-order valence-corrected chi connectivity index (χ2v) is 2.87. The van der Waals surface area contributed by atoms with Crippen molar-refractivity contribution in [2.75, 3.05) is 6.61 Å². The molecule has 78 valence electrons. The molecule has 0 aliphatic heterocycles. The van der Waals surface area contributed by atoms with Gasteiger partial charge in [0.2, 0.25) is 5.92 Å². The van der Waals surface area contributed by atoms with Gasteiger partial charge in [-0.2, -0.15) is 0 Å². The van der Waals surface area contributed by atoms with Crippen molar-refractivity contribution >= 4 is 5.97 Å². The first kappa shape index (κ1) is 12.3. The van der Waals surface area contributed by atoms with Crippen LogP contribution in [0.4, 0.5) is 8.78 Å². The Kier molecular flexibility index (Phi) is 4.83. The van der Waals surface area contributed by atoms with Crippen LogP contribution >= 0.6 is 0 Å². The molecule has 0 saturated heterocycles. The van der Waals surface area contributed by atoms with E-state index in [9.17, 15) is 13.6 Å². The zero-order chi connectivity index (χ0) is 10.5. The molecule has 0 bridgehead atoms. The van der Waals surface area contributed by atoms with Gasteiger partial charge in [-0.3, -0.25) is 4.79 Å². The summed E-state index contributed by atoms with van der Waals surface area (Å²) in [5.74, 6) is -3.23. The fourth-order valence-corrected chi connectivity index (χ4v) is 0.672. The lowest BCUT2D eigenvalue weighted by atomic mass is 10.3. The van der Waals surface area contributed by atoms with E-state index >= 15 is 0 Å². The van der Waals surface area contributed by atoms with Gasteiger partial charge in [-0.05, 0) is 13.8 Å². The quantitative estimate of drug-likeness (QED) is 0.498. The van der Waals surface area contributed by atoms with E-state index in [1.807, 2.05) is 0 Å². The standard InChI is InChI=1S/C8H14F2O3/c1-6(11)13-7(2)12-5-4-8(3,9)10/h7H,4-5H2,1-3H3. The molecule has 0 rings (SSSR count). The van der Waals surface area contributed by atoms with Crippen LogP contribution in [0.1, 0.15) is 27.2 Å². The van der Waals surface area contributed by atoms with Crippen LogP contribution < -0.4 is 0 Å². The van der Waals surface area contributed by atoms with Crippen LogP contribution in [0, 0.1) is 0 Å². The molecule has 0 fully saturated rings. The maximum atomic E-state index is 12.2. The second-order valence-electron chi connectivity index (χ2n) is 2.87. The van der Waals surface area contributed by atoms with Gasteiger partial charge in [0.25, 0.3) is 0 Å². The highest BCUT2D eigenvalue weighted by molar-refractivity contribution is 5.65. The maximum absolute atomic E-state index is 12.2. The van der Waals surface area contributed by atoms with Crippen molar-refractivity contribution in [3.8, 4) is 0 Å². The predicted octanol–water partition coefficient (Wildman–Crippen LogP) is 1.96. The van der Waals surface area contributed by atoms with Crippen LogP contribution in [0.2, 0.25) is 0 Å². The maximum Gasteiger partial charge on any atom is 0.304 e. The van der Waals surface area contributed by atoms with E-state index in [-0.39, 0.29) is 13.0 Å². The Morgan fingerprint density at radius 2 is 2.08 bits per heavy atom. The molecule has 0 radical (unpaired) electrons. The molecular formula is C8H14F2O3. The average molecular weight is 196 g/mol. The van der Waals surface area contributed by atoms with Crippen molar-refractivity contribution in [2.45, 2.75) is 39.4 Å². The van der Waals surface area contributed by atoms with Gasteiger partial charge in [-0.15, -0.1) is 0 Å². The lowest BCUT2D eigenvalue weighted by Gasteiger charge is -2.14. The number of carbonyl (C=O) groups is 1. The Morgan fingerprint density at radius 3 is 2.46 bits per heavy atom. The number of halogens is 2. The van der Waals surface area contributed by atoms with Crippen LogP contribution in [0.25, 0.3) is 0 Å². The van der Waals surface area contributed by atoms with Gasteiger partial charge in [-0.1, -0.05) is 0 Å². The van der Waals surface area contributed by atoms with Crippen molar-refractivity contribution in [1.82, 2.24) is 0 Å². The normalized spacial score (nSPS) is 13.9. The summed E-state index contributed by atoms with van der Waals surface area (Å²) in [5, 5.41) is 0. The minimum absolute atomic E-state index is 0.127. The molecule has 3 nitrogen and oxygen atoms in total. The number of hydrogen-bond donors (Lipinski definition) is 0. The summed E-state index contributed by atoms with van der Waals surface area (Å²) < 4.78 is 33.9. The highest BCUT2D eigenvalue weighted by Gasteiger charge is 2.21. The van der Waals surface area contributed by atoms with Crippen molar-refractivity contribution in [1.29, 1.82) is 0 Å². The Morgan fingerprint density at radius 1 is 1.54 bits per heavy atom. The molecule has 0 aromatic carbocycles. The molecule has 0 amide bonds. The molecule has 1 unspecified atom stereocenters. The van der Waals surface area contributed by atoms with Crippen LogP contribution in [0.15, 0.2) is 0 Å².